The quantitative estimate of drug-likeness (QED) is 0.746. The molecule has 3 aromatic carbocycles. The van der Waals surface area contributed by atoms with Gasteiger partial charge in [-0.2, -0.15) is 0 Å². The maximum atomic E-state index is 13.0. The average Bonchev–Trinajstić information content (AvgIpc) is 2.95. The van der Waals surface area contributed by atoms with Crippen LogP contribution < -0.4 is 10.2 Å². The van der Waals surface area contributed by atoms with Crippen molar-refractivity contribution in [2.45, 2.75) is 12.6 Å². The van der Waals surface area contributed by atoms with Gasteiger partial charge in [-0.05, 0) is 23.8 Å². The molecule has 4 rings (SSSR count). The van der Waals surface area contributed by atoms with Crippen molar-refractivity contribution in [3.63, 3.8) is 0 Å². The molecule has 5 heteroatoms. The first-order valence-corrected chi connectivity index (χ1v) is 8.69. The summed E-state index contributed by atoms with van der Waals surface area (Å²) in [6.07, 6.45) is -1.61. The van der Waals surface area contributed by atoms with Gasteiger partial charge in [0.15, 0.2) is 0 Å². The van der Waals surface area contributed by atoms with Crippen LogP contribution in [0.3, 0.4) is 0 Å². The zero-order chi connectivity index (χ0) is 18.6. The molecule has 27 heavy (non-hydrogen) atoms. The number of carbonyl (C=O) groups excluding carboxylic acids is 2. The fraction of sp³-hybridized carbons (Fsp3) is 0.0909. The van der Waals surface area contributed by atoms with E-state index in [4.69, 9.17) is 4.74 Å². The number of hydrogen-bond acceptors (Lipinski definition) is 3. The minimum absolute atomic E-state index is 0.247. The number of para-hydroxylation sites is 2. The van der Waals surface area contributed by atoms with Gasteiger partial charge in [0.05, 0.1) is 12.2 Å². The number of nitrogens with zero attached hydrogens (tertiary/aromatic N) is 1. The SMILES string of the molecule is O=C(Nc1ccccc1)O[C@@H]1C(=O)N(Cc2ccccc2)c2ccccc21. The standard InChI is InChI=1S/C22H18N2O3/c25-21-20(27-22(26)23-17-11-5-2-6-12-17)18-13-7-8-14-19(18)24(21)15-16-9-3-1-4-10-16/h1-14,20H,15H2,(H,23,26)/t20-/m0/s1. The van der Waals surface area contributed by atoms with Crippen LogP contribution in [-0.4, -0.2) is 12.0 Å². The van der Waals surface area contributed by atoms with Crippen molar-refractivity contribution in [2.24, 2.45) is 0 Å². The fourth-order valence-electron chi connectivity index (χ4n) is 3.17. The van der Waals surface area contributed by atoms with E-state index >= 15 is 0 Å². The van der Waals surface area contributed by atoms with Gasteiger partial charge in [-0.25, -0.2) is 4.79 Å². The molecule has 0 saturated carbocycles. The van der Waals surface area contributed by atoms with Gasteiger partial charge in [-0.3, -0.25) is 10.1 Å². The van der Waals surface area contributed by atoms with Gasteiger partial charge >= 0.3 is 6.09 Å². The molecule has 3 aromatic rings. The Labute approximate surface area is 157 Å². The molecule has 0 bridgehead atoms. The zero-order valence-electron chi connectivity index (χ0n) is 14.5. The maximum absolute atomic E-state index is 13.0. The smallest absolute Gasteiger partial charge is 0.412 e. The van der Waals surface area contributed by atoms with Gasteiger partial charge in [0.2, 0.25) is 6.10 Å². The summed E-state index contributed by atoms with van der Waals surface area (Å²) in [5.41, 5.74) is 3.09. The number of anilines is 2. The number of hydrogen-bond donors (Lipinski definition) is 1. The Bertz CT molecular complexity index is 958. The molecule has 5 nitrogen and oxygen atoms in total. The minimum Gasteiger partial charge on any atom is -0.431 e. The number of fused-ring (bicyclic) bond motifs is 1. The third kappa shape index (κ3) is 3.53. The zero-order valence-corrected chi connectivity index (χ0v) is 14.5. The molecule has 0 spiro atoms. The largest absolute Gasteiger partial charge is 0.431 e. The molecule has 1 atom stereocenters. The molecule has 1 heterocycles. The molecule has 1 aliphatic heterocycles. The summed E-state index contributed by atoms with van der Waals surface area (Å²) < 4.78 is 5.48. The first-order valence-electron chi connectivity index (χ1n) is 8.69. The molecule has 0 aromatic heterocycles. The number of rotatable bonds is 4. The first-order chi connectivity index (χ1) is 13.2. The van der Waals surface area contributed by atoms with Gasteiger partial charge in [-0.1, -0.05) is 66.7 Å². The first kappa shape index (κ1) is 16.8. The Hall–Kier alpha value is -3.60. The van der Waals surface area contributed by atoms with Crippen LogP contribution in [0.15, 0.2) is 84.9 Å². The van der Waals surface area contributed by atoms with E-state index in [9.17, 15) is 9.59 Å². The lowest BCUT2D eigenvalue weighted by atomic mass is 10.1. The minimum atomic E-state index is -0.950. The third-order valence-corrected chi connectivity index (χ3v) is 4.43. The van der Waals surface area contributed by atoms with Crippen LogP contribution in [-0.2, 0) is 16.1 Å². The molecular weight excluding hydrogens is 340 g/mol. The molecule has 0 saturated heterocycles. The van der Waals surface area contributed by atoms with E-state index in [0.717, 1.165) is 11.3 Å². The van der Waals surface area contributed by atoms with E-state index in [1.54, 1.807) is 17.0 Å². The molecule has 1 aliphatic rings. The van der Waals surface area contributed by atoms with Crippen molar-refractivity contribution in [2.75, 3.05) is 10.2 Å². The second-order valence-electron chi connectivity index (χ2n) is 6.25. The van der Waals surface area contributed by atoms with Crippen molar-refractivity contribution in [1.82, 2.24) is 0 Å². The van der Waals surface area contributed by atoms with Crippen molar-refractivity contribution < 1.29 is 14.3 Å². The summed E-state index contributed by atoms with van der Waals surface area (Å²) >= 11 is 0. The predicted molar refractivity (Wildman–Crippen MR) is 103 cm³/mol. The average molecular weight is 358 g/mol. The van der Waals surface area contributed by atoms with E-state index in [-0.39, 0.29) is 5.91 Å². The molecule has 134 valence electrons. The van der Waals surface area contributed by atoms with Crippen molar-refractivity contribution in [3.8, 4) is 0 Å². The maximum Gasteiger partial charge on any atom is 0.412 e. The lowest BCUT2D eigenvalue weighted by molar-refractivity contribution is -0.125. The van der Waals surface area contributed by atoms with Crippen LogP contribution in [0.2, 0.25) is 0 Å². The Morgan fingerprint density at radius 2 is 1.52 bits per heavy atom. The normalized spacial score (nSPS) is 15.3. The second-order valence-corrected chi connectivity index (χ2v) is 6.25. The van der Waals surface area contributed by atoms with Crippen LogP contribution in [0.5, 0.6) is 0 Å². The van der Waals surface area contributed by atoms with Gasteiger partial charge in [0, 0.05) is 11.3 Å². The molecular formula is C22H18N2O3. The van der Waals surface area contributed by atoms with E-state index in [1.165, 1.54) is 0 Å². The van der Waals surface area contributed by atoms with Crippen LogP contribution in [0, 0.1) is 0 Å². The molecule has 0 fully saturated rings. The molecule has 0 unspecified atom stereocenters. The molecule has 2 amide bonds. The lowest BCUT2D eigenvalue weighted by Gasteiger charge is -2.18. The fourth-order valence-corrected chi connectivity index (χ4v) is 3.17. The van der Waals surface area contributed by atoms with Crippen LogP contribution >= 0.6 is 0 Å². The molecule has 1 N–H and O–H groups in total. The van der Waals surface area contributed by atoms with Crippen LogP contribution in [0.25, 0.3) is 0 Å². The van der Waals surface area contributed by atoms with E-state index < -0.39 is 12.2 Å². The van der Waals surface area contributed by atoms with Gasteiger partial charge < -0.3 is 9.64 Å². The topological polar surface area (TPSA) is 58.6 Å². The number of benzene rings is 3. The monoisotopic (exact) mass is 358 g/mol. The second kappa shape index (κ2) is 7.33. The van der Waals surface area contributed by atoms with Crippen molar-refractivity contribution >= 4 is 23.4 Å². The third-order valence-electron chi connectivity index (χ3n) is 4.43. The summed E-state index contributed by atoms with van der Waals surface area (Å²) in [6.45, 7) is 0.427. The highest BCUT2D eigenvalue weighted by molar-refractivity contribution is 6.05. The van der Waals surface area contributed by atoms with Gasteiger partial charge in [-0.15, -0.1) is 0 Å². The summed E-state index contributed by atoms with van der Waals surface area (Å²) in [5, 5.41) is 2.65. The van der Waals surface area contributed by atoms with Gasteiger partial charge in [0.1, 0.15) is 0 Å². The van der Waals surface area contributed by atoms with Crippen LogP contribution in [0.1, 0.15) is 17.2 Å². The van der Waals surface area contributed by atoms with E-state index in [1.807, 2.05) is 72.8 Å². The van der Waals surface area contributed by atoms with Crippen molar-refractivity contribution in [1.29, 1.82) is 0 Å². The lowest BCUT2D eigenvalue weighted by Crippen LogP contribution is -2.30. The van der Waals surface area contributed by atoms with Crippen LogP contribution in [0.4, 0.5) is 16.2 Å². The van der Waals surface area contributed by atoms with Gasteiger partial charge in [0.25, 0.3) is 5.91 Å². The summed E-state index contributed by atoms with van der Waals surface area (Å²) in [7, 11) is 0. The van der Waals surface area contributed by atoms with E-state index in [0.29, 0.717) is 17.8 Å². The Balaban J connectivity index is 1.55. The molecule has 0 aliphatic carbocycles. The Kier molecular flexibility index (Phi) is 4.58. The summed E-state index contributed by atoms with van der Waals surface area (Å²) in [5.74, 6) is -0.247. The number of amides is 2. The number of carbonyl (C=O) groups is 2. The summed E-state index contributed by atoms with van der Waals surface area (Å²) in [4.78, 5) is 26.9. The molecule has 0 radical (unpaired) electrons. The number of ether oxygens (including phenoxy) is 1. The highest BCUT2D eigenvalue weighted by Gasteiger charge is 2.39. The van der Waals surface area contributed by atoms with E-state index in [2.05, 4.69) is 5.32 Å². The van der Waals surface area contributed by atoms with Crippen molar-refractivity contribution in [3.05, 3.63) is 96.1 Å². The highest BCUT2D eigenvalue weighted by atomic mass is 16.6. The predicted octanol–water partition coefficient (Wildman–Crippen LogP) is 4.52. The summed E-state index contributed by atoms with van der Waals surface area (Å²) in [6, 6.07) is 26.1. The number of nitrogens with one attached hydrogen (secondary N) is 1. The Morgan fingerprint density at radius 1 is 0.889 bits per heavy atom. The highest BCUT2D eigenvalue weighted by Crippen LogP contribution is 2.38. The Morgan fingerprint density at radius 3 is 2.26 bits per heavy atom.